The predicted octanol–water partition coefficient (Wildman–Crippen LogP) is 3.36. The fraction of sp³-hybridized carbons (Fsp3) is 0.600. The molecule has 10 heteroatoms. The third kappa shape index (κ3) is 4.40. The summed E-state index contributed by atoms with van der Waals surface area (Å²) in [6.45, 7) is 5.43. The van der Waals surface area contributed by atoms with Gasteiger partial charge in [0.25, 0.3) is 5.91 Å². The van der Waals surface area contributed by atoms with E-state index in [2.05, 4.69) is 22.1 Å². The molecule has 2 fully saturated rings. The van der Waals surface area contributed by atoms with Gasteiger partial charge in [0.2, 0.25) is 0 Å². The van der Waals surface area contributed by atoms with Crippen LogP contribution in [0.2, 0.25) is 0 Å². The van der Waals surface area contributed by atoms with Crippen molar-refractivity contribution < 1.29 is 22.7 Å². The van der Waals surface area contributed by atoms with Crippen LogP contribution in [0.15, 0.2) is 11.4 Å². The number of carbonyl (C=O) groups is 1. The molecule has 0 radical (unpaired) electrons. The molecule has 2 aromatic heterocycles. The van der Waals surface area contributed by atoms with E-state index in [1.54, 1.807) is 0 Å². The Morgan fingerprint density at radius 1 is 1.37 bits per heavy atom. The van der Waals surface area contributed by atoms with Crippen molar-refractivity contribution >= 4 is 33.3 Å². The standard InChI is InChI=1S/C20H25F3N4O2S/c1-12-10-27(6-5-26(12)7-8-29-13-3-4-13)16-9-15(20(21,22)23)18-17(25-16)14(11-30-18)19(28)24-2/h9,11-13H,3-8,10H2,1-2H3,(H,24,28)/t12-/m0/s1. The highest BCUT2D eigenvalue weighted by Crippen LogP contribution is 2.40. The molecule has 3 heterocycles. The van der Waals surface area contributed by atoms with Gasteiger partial charge in [-0.15, -0.1) is 11.3 Å². The number of rotatable bonds is 6. The molecule has 1 saturated heterocycles. The third-order valence-corrected chi connectivity index (χ3v) is 6.63. The average molecular weight is 443 g/mol. The number of piperazine rings is 1. The maximum atomic E-state index is 13.7. The Morgan fingerprint density at radius 2 is 2.13 bits per heavy atom. The second kappa shape index (κ2) is 8.32. The van der Waals surface area contributed by atoms with Crippen LogP contribution in [0.3, 0.4) is 0 Å². The number of anilines is 1. The summed E-state index contributed by atoms with van der Waals surface area (Å²) in [7, 11) is 1.45. The van der Waals surface area contributed by atoms with Gasteiger partial charge in [-0.2, -0.15) is 13.2 Å². The summed E-state index contributed by atoms with van der Waals surface area (Å²) < 4.78 is 46.9. The molecular formula is C20H25F3N4O2S. The van der Waals surface area contributed by atoms with Crippen LogP contribution in [-0.2, 0) is 10.9 Å². The van der Waals surface area contributed by atoms with E-state index in [9.17, 15) is 18.0 Å². The Labute approximate surface area is 177 Å². The summed E-state index contributed by atoms with van der Waals surface area (Å²) in [5.41, 5.74) is -0.457. The number of nitrogens with one attached hydrogen (secondary N) is 1. The third-order valence-electron chi connectivity index (χ3n) is 5.63. The van der Waals surface area contributed by atoms with Crippen LogP contribution in [0.1, 0.15) is 35.7 Å². The normalized spacial score (nSPS) is 20.7. The monoisotopic (exact) mass is 442 g/mol. The number of thiophene rings is 1. The fourth-order valence-corrected chi connectivity index (χ4v) is 4.79. The number of alkyl halides is 3. The molecule has 6 nitrogen and oxygen atoms in total. The van der Waals surface area contributed by atoms with E-state index in [-0.39, 0.29) is 27.6 Å². The number of hydrogen-bond acceptors (Lipinski definition) is 6. The van der Waals surface area contributed by atoms with Crippen molar-refractivity contribution in [1.29, 1.82) is 0 Å². The lowest BCUT2D eigenvalue weighted by Gasteiger charge is -2.40. The Kier molecular flexibility index (Phi) is 5.91. The summed E-state index contributed by atoms with van der Waals surface area (Å²) in [4.78, 5) is 20.8. The van der Waals surface area contributed by atoms with Crippen molar-refractivity contribution in [3.63, 3.8) is 0 Å². The first-order chi connectivity index (χ1) is 14.3. The van der Waals surface area contributed by atoms with Gasteiger partial charge in [-0.3, -0.25) is 9.69 Å². The van der Waals surface area contributed by atoms with E-state index < -0.39 is 17.6 Å². The van der Waals surface area contributed by atoms with E-state index in [1.807, 2.05) is 4.90 Å². The molecule has 1 aliphatic carbocycles. The van der Waals surface area contributed by atoms with Crippen LogP contribution in [-0.4, -0.2) is 67.8 Å². The molecule has 1 N–H and O–H groups in total. The maximum absolute atomic E-state index is 13.7. The van der Waals surface area contributed by atoms with Crippen molar-refractivity contribution in [3.05, 3.63) is 22.6 Å². The largest absolute Gasteiger partial charge is 0.417 e. The number of fused-ring (bicyclic) bond motifs is 1. The SMILES string of the molecule is CNC(=O)c1csc2c(C(F)(F)F)cc(N3CCN(CCOC4CC4)[C@@H](C)C3)nc12. The van der Waals surface area contributed by atoms with Gasteiger partial charge in [-0.05, 0) is 25.8 Å². The average Bonchev–Trinajstić information content (AvgIpc) is 3.43. The highest BCUT2D eigenvalue weighted by molar-refractivity contribution is 7.17. The number of aromatic nitrogens is 1. The zero-order valence-electron chi connectivity index (χ0n) is 17.0. The van der Waals surface area contributed by atoms with Gasteiger partial charge in [0.1, 0.15) is 5.82 Å². The van der Waals surface area contributed by atoms with E-state index in [0.29, 0.717) is 25.8 Å². The molecule has 1 amide bonds. The second-order valence-corrected chi connectivity index (χ2v) is 8.71. The Balaban J connectivity index is 1.58. The highest BCUT2D eigenvalue weighted by atomic mass is 32.1. The molecule has 1 aliphatic heterocycles. The van der Waals surface area contributed by atoms with E-state index in [0.717, 1.165) is 43.3 Å². The van der Waals surface area contributed by atoms with Crippen LogP contribution in [0.4, 0.5) is 19.0 Å². The van der Waals surface area contributed by atoms with Gasteiger partial charge in [-0.25, -0.2) is 4.98 Å². The van der Waals surface area contributed by atoms with Crippen molar-refractivity contribution in [3.8, 4) is 0 Å². The molecule has 0 unspecified atom stereocenters. The molecule has 164 valence electrons. The summed E-state index contributed by atoms with van der Waals surface area (Å²) >= 11 is 0.900. The van der Waals surface area contributed by atoms with Gasteiger partial charge < -0.3 is 15.0 Å². The molecule has 2 aromatic rings. The molecule has 0 aromatic carbocycles. The first kappa shape index (κ1) is 21.3. The first-order valence-corrected chi connectivity index (χ1v) is 11.0. The minimum Gasteiger partial charge on any atom is -0.377 e. The number of pyridine rings is 1. The topological polar surface area (TPSA) is 57.7 Å². The summed E-state index contributed by atoms with van der Waals surface area (Å²) in [5, 5.41) is 3.92. The van der Waals surface area contributed by atoms with Crippen molar-refractivity contribution in [2.75, 3.05) is 44.7 Å². The van der Waals surface area contributed by atoms with Gasteiger partial charge in [0.15, 0.2) is 0 Å². The molecule has 0 bridgehead atoms. The van der Waals surface area contributed by atoms with Crippen LogP contribution in [0, 0.1) is 0 Å². The minimum atomic E-state index is -4.52. The molecule has 2 aliphatic rings. The van der Waals surface area contributed by atoms with Gasteiger partial charge in [0.05, 0.1) is 34.1 Å². The summed E-state index contributed by atoms with van der Waals surface area (Å²) in [6, 6.07) is 1.28. The van der Waals surface area contributed by atoms with Crippen LogP contribution < -0.4 is 10.2 Å². The number of hydrogen-bond donors (Lipinski definition) is 1. The Morgan fingerprint density at radius 3 is 2.77 bits per heavy atom. The number of nitrogens with zero attached hydrogens (tertiary/aromatic N) is 3. The molecule has 0 spiro atoms. The van der Waals surface area contributed by atoms with Crippen molar-refractivity contribution in [1.82, 2.24) is 15.2 Å². The quantitative estimate of drug-likeness (QED) is 0.744. The lowest BCUT2D eigenvalue weighted by atomic mass is 10.1. The second-order valence-electron chi connectivity index (χ2n) is 7.83. The Bertz CT molecular complexity index is 929. The van der Waals surface area contributed by atoms with Crippen molar-refractivity contribution in [2.24, 2.45) is 0 Å². The predicted molar refractivity (Wildman–Crippen MR) is 110 cm³/mol. The molecule has 30 heavy (non-hydrogen) atoms. The van der Waals surface area contributed by atoms with Crippen LogP contribution >= 0.6 is 11.3 Å². The van der Waals surface area contributed by atoms with Crippen LogP contribution in [0.5, 0.6) is 0 Å². The fourth-order valence-electron chi connectivity index (χ4n) is 3.77. The number of ether oxygens (including phenoxy) is 1. The minimum absolute atomic E-state index is 0.00578. The lowest BCUT2D eigenvalue weighted by molar-refractivity contribution is -0.136. The first-order valence-electron chi connectivity index (χ1n) is 10.1. The van der Waals surface area contributed by atoms with E-state index >= 15 is 0 Å². The zero-order chi connectivity index (χ0) is 21.5. The van der Waals surface area contributed by atoms with E-state index in [4.69, 9.17) is 4.74 Å². The Hall–Kier alpha value is -1.91. The highest BCUT2D eigenvalue weighted by Gasteiger charge is 2.36. The lowest BCUT2D eigenvalue weighted by Crippen LogP contribution is -2.53. The van der Waals surface area contributed by atoms with Crippen molar-refractivity contribution in [2.45, 2.75) is 38.1 Å². The molecular weight excluding hydrogens is 417 g/mol. The zero-order valence-corrected chi connectivity index (χ0v) is 17.8. The number of halogens is 3. The molecule has 4 rings (SSSR count). The van der Waals surface area contributed by atoms with Gasteiger partial charge in [-0.1, -0.05) is 0 Å². The van der Waals surface area contributed by atoms with Crippen LogP contribution in [0.25, 0.3) is 10.2 Å². The van der Waals surface area contributed by atoms with Gasteiger partial charge in [0, 0.05) is 44.6 Å². The summed E-state index contributed by atoms with van der Waals surface area (Å²) in [6.07, 6.45) is -1.83. The maximum Gasteiger partial charge on any atom is 0.417 e. The molecule has 1 saturated carbocycles. The van der Waals surface area contributed by atoms with Gasteiger partial charge >= 0.3 is 6.18 Å². The smallest absolute Gasteiger partial charge is 0.377 e. The van der Waals surface area contributed by atoms with E-state index in [1.165, 1.54) is 12.4 Å². The number of amides is 1. The number of carbonyl (C=O) groups excluding carboxylic acids is 1. The molecule has 1 atom stereocenters. The summed E-state index contributed by atoms with van der Waals surface area (Å²) in [5.74, 6) is -0.174.